The van der Waals surface area contributed by atoms with Crippen LogP contribution in [0.3, 0.4) is 0 Å². The second-order valence-electron chi connectivity index (χ2n) is 5.33. The van der Waals surface area contributed by atoms with Crippen LogP contribution in [0.5, 0.6) is 5.75 Å². The molecule has 0 radical (unpaired) electrons. The summed E-state index contributed by atoms with van der Waals surface area (Å²) in [5.41, 5.74) is 3.15. The maximum atomic E-state index is 11.1. The summed E-state index contributed by atoms with van der Waals surface area (Å²) in [6.07, 6.45) is 0.598. The number of ether oxygens (including phenoxy) is 1. The highest BCUT2D eigenvalue weighted by atomic mass is 16.5. The molecular formula is C15H18N2O3. The van der Waals surface area contributed by atoms with E-state index >= 15 is 0 Å². The monoisotopic (exact) mass is 274 g/mol. The molecule has 1 aliphatic heterocycles. The Bertz CT molecular complexity index is 662. The Morgan fingerprint density at radius 1 is 1.45 bits per heavy atom. The maximum Gasteiger partial charge on any atom is 0.307 e. The SMILES string of the molecule is COc1c(C2CC(C(=O)O)CN2)ccc2[nH]c(C)cc12. The van der Waals surface area contributed by atoms with E-state index in [1.54, 1.807) is 7.11 Å². The predicted molar refractivity (Wildman–Crippen MR) is 76.1 cm³/mol. The molecule has 1 saturated heterocycles. The second-order valence-corrected chi connectivity index (χ2v) is 5.33. The molecule has 3 N–H and O–H groups in total. The molecule has 2 aromatic rings. The first-order chi connectivity index (χ1) is 9.60. The number of carbonyl (C=O) groups is 1. The van der Waals surface area contributed by atoms with Crippen LogP contribution in [0.2, 0.25) is 0 Å². The zero-order valence-corrected chi connectivity index (χ0v) is 11.6. The molecule has 5 heteroatoms. The zero-order chi connectivity index (χ0) is 14.3. The van der Waals surface area contributed by atoms with Gasteiger partial charge in [-0.3, -0.25) is 4.79 Å². The quantitative estimate of drug-likeness (QED) is 0.802. The molecule has 5 nitrogen and oxygen atoms in total. The Kier molecular flexibility index (Phi) is 3.14. The number of aryl methyl sites for hydroxylation is 1. The van der Waals surface area contributed by atoms with Crippen molar-refractivity contribution >= 4 is 16.9 Å². The Balaban J connectivity index is 2.01. The van der Waals surface area contributed by atoms with Gasteiger partial charge in [-0.05, 0) is 25.5 Å². The van der Waals surface area contributed by atoms with Crippen LogP contribution >= 0.6 is 0 Å². The topological polar surface area (TPSA) is 74.3 Å². The van der Waals surface area contributed by atoms with Crippen LogP contribution in [0.15, 0.2) is 18.2 Å². The van der Waals surface area contributed by atoms with Gasteiger partial charge in [-0.15, -0.1) is 0 Å². The average Bonchev–Trinajstić information content (AvgIpc) is 3.02. The smallest absolute Gasteiger partial charge is 0.307 e. The Morgan fingerprint density at radius 3 is 2.90 bits per heavy atom. The number of benzene rings is 1. The zero-order valence-electron chi connectivity index (χ0n) is 11.6. The van der Waals surface area contributed by atoms with Crippen molar-refractivity contribution in [3.05, 3.63) is 29.5 Å². The molecule has 0 aliphatic carbocycles. The number of carboxylic acid groups (broad SMARTS) is 1. The number of hydrogen-bond donors (Lipinski definition) is 3. The molecule has 0 spiro atoms. The molecule has 0 bridgehead atoms. The summed E-state index contributed by atoms with van der Waals surface area (Å²) in [6.45, 7) is 2.51. The number of carboxylic acids is 1. The van der Waals surface area contributed by atoms with E-state index in [9.17, 15) is 4.79 Å². The molecule has 1 fully saturated rings. The number of nitrogens with one attached hydrogen (secondary N) is 2. The normalized spacial score (nSPS) is 22.3. The van der Waals surface area contributed by atoms with Crippen LogP contribution in [-0.2, 0) is 4.79 Å². The van der Waals surface area contributed by atoms with Crippen LogP contribution in [0, 0.1) is 12.8 Å². The highest BCUT2D eigenvalue weighted by Gasteiger charge is 2.32. The van der Waals surface area contributed by atoms with E-state index in [0.717, 1.165) is 27.9 Å². The van der Waals surface area contributed by atoms with E-state index in [2.05, 4.69) is 16.4 Å². The Morgan fingerprint density at radius 2 is 2.25 bits per heavy atom. The minimum Gasteiger partial charge on any atom is -0.496 e. The summed E-state index contributed by atoms with van der Waals surface area (Å²) in [6, 6.07) is 6.13. The van der Waals surface area contributed by atoms with Crippen molar-refractivity contribution in [1.82, 2.24) is 10.3 Å². The molecule has 20 heavy (non-hydrogen) atoms. The number of methoxy groups -OCH3 is 1. The molecule has 0 saturated carbocycles. The molecule has 1 aromatic carbocycles. The summed E-state index contributed by atoms with van der Waals surface area (Å²) >= 11 is 0. The van der Waals surface area contributed by atoms with Crippen molar-refractivity contribution in [3.63, 3.8) is 0 Å². The third kappa shape index (κ3) is 2.04. The van der Waals surface area contributed by atoms with Gasteiger partial charge in [-0.2, -0.15) is 0 Å². The number of aromatic amines is 1. The number of hydrogen-bond acceptors (Lipinski definition) is 3. The van der Waals surface area contributed by atoms with E-state index in [1.165, 1.54) is 0 Å². The van der Waals surface area contributed by atoms with E-state index in [-0.39, 0.29) is 12.0 Å². The Hall–Kier alpha value is -2.01. The number of aromatic nitrogens is 1. The average molecular weight is 274 g/mol. The van der Waals surface area contributed by atoms with Gasteiger partial charge in [0.15, 0.2) is 0 Å². The van der Waals surface area contributed by atoms with Crippen LogP contribution in [0.25, 0.3) is 10.9 Å². The van der Waals surface area contributed by atoms with E-state index in [1.807, 2.05) is 19.1 Å². The van der Waals surface area contributed by atoms with E-state index in [0.29, 0.717) is 13.0 Å². The fraction of sp³-hybridized carbons (Fsp3) is 0.400. The summed E-state index contributed by atoms with van der Waals surface area (Å²) in [7, 11) is 1.66. The lowest BCUT2D eigenvalue weighted by atomic mass is 9.98. The van der Waals surface area contributed by atoms with Crippen LogP contribution in [0.4, 0.5) is 0 Å². The molecule has 1 aromatic heterocycles. The number of aliphatic carboxylic acids is 1. The first-order valence-corrected chi connectivity index (χ1v) is 6.72. The predicted octanol–water partition coefficient (Wildman–Crippen LogP) is 2.22. The van der Waals surface area contributed by atoms with Gasteiger partial charge in [-0.1, -0.05) is 6.07 Å². The van der Waals surface area contributed by atoms with Gasteiger partial charge < -0.3 is 20.1 Å². The molecular weight excluding hydrogens is 256 g/mol. The number of fused-ring (bicyclic) bond motifs is 1. The first-order valence-electron chi connectivity index (χ1n) is 6.72. The molecule has 2 unspecified atom stereocenters. The molecule has 0 amide bonds. The van der Waals surface area contributed by atoms with Gasteiger partial charge in [0.05, 0.1) is 13.0 Å². The molecule has 3 rings (SSSR count). The highest BCUT2D eigenvalue weighted by molar-refractivity contribution is 5.88. The van der Waals surface area contributed by atoms with Gasteiger partial charge >= 0.3 is 5.97 Å². The molecule has 1 aliphatic rings. The van der Waals surface area contributed by atoms with Crippen LogP contribution in [-0.4, -0.2) is 29.7 Å². The van der Waals surface area contributed by atoms with Crippen LogP contribution in [0.1, 0.15) is 23.7 Å². The van der Waals surface area contributed by atoms with Crippen molar-refractivity contribution in [1.29, 1.82) is 0 Å². The van der Waals surface area contributed by atoms with Crippen molar-refractivity contribution in [2.75, 3.05) is 13.7 Å². The summed E-state index contributed by atoms with van der Waals surface area (Å²) in [5.74, 6) is -0.235. The van der Waals surface area contributed by atoms with Gasteiger partial charge in [0, 0.05) is 34.7 Å². The summed E-state index contributed by atoms with van der Waals surface area (Å²) in [4.78, 5) is 14.4. The fourth-order valence-corrected chi connectivity index (χ4v) is 3.00. The van der Waals surface area contributed by atoms with Crippen molar-refractivity contribution < 1.29 is 14.6 Å². The summed E-state index contributed by atoms with van der Waals surface area (Å²) in [5, 5.41) is 13.4. The van der Waals surface area contributed by atoms with Gasteiger partial charge in [-0.25, -0.2) is 0 Å². The number of rotatable bonds is 3. The molecule has 2 atom stereocenters. The number of H-pyrrole nitrogens is 1. The lowest BCUT2D eigenvalue weighted by Gasteiger charge is -2.16. The largest absolute Gasteiger partial charge is 0.496 e. The maximum absolute atomic E-state index is 11.1. The van der Waals surface area contributed by atoms with Crippen molar-refractivity contribution in [3.8, 4) is 5.75 Å². The third-order valence-corrected chi connectivity index (χ3v) is 3.98. The fourth-order valence-electron chi connectivity index (χ4n) is 3.00. The molecule has 2 heterocycles. The standard InChI is InChI=1S/C15H18N2O3/c1-8-5-11-12(17-8)4-3-10(14(11)20-2)13-6-9(7-16-13)15(18)19/h3-5,9,13,16-17H,6-7H2,1-2H3,(H,18,19). The highest BCUT2D eigenvalue weighted by Crippen LogP contribution is 2.38. The summed E-state index contributed by atoms with van der Waals surface area (Å²) < 4.78 is 5.57. The van der Waals surface area contributed by atoms with E-state index < -0.39 is 5.97 Å². The van der Waals surface area contributed by atoms with Gasteiger partial charge in [0.25, 0.3) is 0 Å². The van der Waals surface area contributed by atoms with Crippen LogP contribution < -0.4 is 10.1 Å². The lowest BCUT2D eigenvalue weighted by molar-refractivity contribution is -0.141. The Labute approximate surface area is 116 Å². The third-order valence-electron chi connectivity index (χ3n) is 3.98. The second kappa shape index (κ2) is 4.83. The minimum absolute atomic E-state index is 0.0330. The molecule has 106 valence electrons. The van der Waals surface area contributed by atoms with Gasteiger partial charge in [0.2, 0.25) is 0 Å². The lowest BCUT2D eigenvalue weighted by Crippen LogP contribution is -2.17. The first kappa shape index (κ1) is 13.0. The van der Waals surface area contributed by atoms with Gasteiger partial charge in [0.1, 0.15) is 5.75 Å². The minimum atomic E-state index is -0.738. The van der Waals surface area contributed by atoms with Crippen molar-refractivity contribution in [2.24, 2.45) is 5.92 Å². The van der Waals surface area contributed by atoms with E-state index in [4.69, 9.17) is 9.84 Å². The van der Waals surface area contributed by atoms with Crippen molar-refractivity contribution in [2.45, 2.75) is 19.4 Å².